The Kier molecular flexibility index (Phi) is 4.63. The highest BCUT2D eigenvalue weighted by Crippen LogP contribution is 2.27. The standard InChI is InChI=1S/C18H20O2S/c1-14(2)18(13-16-7-5-4-6-8-16)21(19,20)17-11-9-15(3)10-12-17/h4-14H,1-3H3/b18-13+. The lowest BCUT2D eigenvalue weighted by Crippen LogP contribution is -2.10. The first-order valence-corrected chi connectivity index (χ1v) is 8.48. The average Bonchev–Trinajstić information content (AvgIpc) is 2.46. The topological polar surface area (TPSA) is 34.1 Å². The van der Waals surface area contributed by atoms with E-state index in [0.29, 0.717) is 9.80 Å². The molecule has 110 valence electrons. The molecule has 0 bridgehead atoms. The number of rotatable bonds is 4. The molecule has 0 heterocycles. The first-order chi connectivity index (χ1) is 9.91. The molecule has 0 spiro atoms. The van der Waals surface area contributed by atoms with E-state index in [4.69, 9.17) is 0 Å². The molecule has 0 aliphatic heterocycles. The van der Waals surface area contributed by atoms with Crippen LogP contribution in [0.3, 0.4) is 0 Å². The van der Waals surface area contributed by atoms with Crippen molar-refractivity contribution < 1.29 is 8.42 Å². The normalized spacial score (nSPS) is 12.7. The summed E-state index contributed by atoms with van der Waals surface area (Å²) in [4.78, 5) is 0.793. The second-order valence-corrected chi connectivity index (χ2v) is 7.38. The third kappa shape index (κ3) is 3.61. The predicted octanol–water partition coefficient (Wildman–Crippen LogP) is 4.47. The van der Waals surface area contributed by atoms with Crippen LogP contribution >= 0.6 is 0 Å². The number of benzene rings is 2. The summed E-state index contributed by atoms with van der Waals surface area (Å²) in [6.45, 7) is 5.75. The zero-order valence-electron chi connectivity index (χ0n) is 12.6. The van der Waals surface area contributed by atoms with Crippen molar-refractivity contribution in [1.29, 1.82) is 0 Å². The highest BCUT2D eigenvalue weighted by atomic mass is 32.2. The number of allylic oxidation sites excluding steroid dienone is 1. The van der Waals surface area contributed by atoms with Gasteiger partial charge in [-0.15, -0.1) is 0 Å². The third-order valence-electron chi connectivity index (χ3n) is 3.32. The van der Waals surface area contributed by atoms with Crippen molar-refractivity contribution in [2.24, 2.45) is 5.92 Å². The minimum atomic E-state index is -3.45. The van der Waals surface area contributed by atoms with E-state index >= 15 is 0 Å². The van der Waals surface area contributed by atoms with Gasteiger partial charge in [0, 0.05) is 0 Å². The molecule has 0 aliphatic rings. The summed E-state index contributed by atoms with van der Waals surface area (Å²) in [5.41, 5.74) is 1.95. The van der Waals surface area contributed by atoms with E-state index in [-0.39, 0.29) is 5.92 Å². The van der Waals surface area contributed by atoms with Gasteiger partial charge in [-0.3, -0.25) is 0 Å². The zero-order valence-corrected chi connectivity index (χ0v) is 13.4. The van der Waals surface area contributed by atoms with Crippen LogP contribution in [0, 0.1) is 12.8 Å². The SMILES string of the molecule is Cc1ccc(S(=O)(=O)/C(=C/c2ccccc2)C(C)C)cc1. The second-order valence-electron chi connectivity index (χ2n) is 5.43. The van der Waals surface area contributed by atoms with Crippen LogP contribution in [0.25, 0.3) is 6.08 Å². The molecule has 0 atom stereocenters. The summed E-state index contributed by atoms with van der Waals surface area (Å²) in [7, 11) is -3.45. The Morgan fingerprint density at radius 1 is 0.952 bits per heavy atom. The van der Waals surface area contributed by atoms with Crippen molar-refractivity contribution in [1.82, 2.24) is 0 Å². The highest BCUT2D eigenvalue weighted by molar-refractivity contribution is 7.95. The Hall–Kier alpha value is -1.87. The van der Waals surface area contributed by atoms with Crippen LogP contribution in [0.15, 0.2) is 64.4 Å². The summed E-state index contributed by atoms with van der Waals surface area (Å²) >= 11 is 0. The van der Waals surface area contributed by atoms with Gasteiger partial charge >= 0.3 is 0 Å². The van der Waals surface area contributed by atoms with Crippen molar-refractivity contribution >= 4 is 15.9 Å². The van der Waals surface area contributed by atoms with E-state index < -0.39 is 9.84 Å². The highest BCUT2D eigenvalue weighted by Gasteiger charge is 2.23. The largest absolute Gasteiger partial charge is 0.219 e. The van der Waals surface area contributed by atoms with Crippen molar-refractivity contribution in [3.63, 3.8) is 0 Å². The molecule has 0 amide bonds. The Labute approximate surface area is 127 Å². The van der Waals surface area contributed by atoms with E-state index in [0.717, 1.165) is 11.1 Å². The van der Waals surface area contributed by atoms with Crippen molar-refractivity contribution in [3.8, 4) is 0 Å². The first kappa shape index (κ1) is 15.5. The van der Waals surface area contributed by atoms with Crippen LogP contribution in [0.4, 0.5) is 0 Å². The predicted molar refractivity (Wildman–Crippen MR) is 87.6 cm³/mol. The van der Waals surface area contributed by atoms with Gasteiger partial charge in [0.05, 0.1) is 9.80 Å². The Balaban J connectivity index is 2.52. The van der Waals surface area contributed by atoms with E-state index in [1.165, 1.54) is 0 Å². The molecule has 21 heavy (non-hydrogen) atoms. The van der Waals surface area contributed by atoms with Crippen molar-refractivity contribution in [2.75, 3.05) is 0 Å². The number of sulfone groups is 1. The summed E-state index contributed by atoms with van der Waals surface area (Å²) in [5.74, 6) is -0.0727. The van der Waals surface area contributed by atoms with Gasteiger partial charge in [0.2, 0.25) is 9.84 Å². The fourth-order valence-corrected chi connectivity index (χ4v) is 3.80. The van der Waals surface area contributed by atoms with Crippen LogP contribution in [0.1, 0.15) is 25.0 Å². The van der Waals surface area contributed by atoms with Crippen LogP contribution in [-0.4, -0.2) is 8.42 Å². The molecule has 0 unspecified atom stereocenters. The molecule has 0 fully saturated rings. The molecule has 0 saturated heterocycles. The molecule has 0 aliphatic carbocycles. The molecule has 0 aromatic heterocycles. The van der Waals surface area contributed by atoms with Crippen LogP contribution in [0.2, 0.25) is 0 Å². The van der Waals surface area contributed by atoms with Gasteiger partial charge in [0.15, 0.2) is 0 Å². The van der Waals surface area contributed by atoms with E-state index in [1.807, 2.05) is 63.2 Å². The maximum atomic E-state index is 12.8. The van der Waals surface area contributed by atoms with Gasteiger partial charge in [-0.25, -0.2) is 8.42 Å². The minimum absolute atomic E-state index is 0.0727. The van der Waals surface area contributed by atoms with Gasteiger partial charge < -0.3 is 0 Å². The monoisotopic (exact) mass is 300 g/mol. The first-order valence-electron chi connectivity index (χ1n) is 6.99. The summed E-state index contributed by atoms with van der Waals surface area (Å²) in [6, 6.07) is 16.5. The lowest BCUT2D eigenvalue weighted by atomic mass is 10.1. The molecular formula is C18H20O2S. The minimum Gasteiger partial charge on any atom is -0.219 e. The average molecular weight is 300 g/mol. The molecular weight excluding hydrogens is 280 g/mol. The maximum absolute atomic E-state index is 12.8. The lowest BCUT2D eigenvalue weighted by Gasteiger charge is -2.13. The summed E-state index contributed by atoms with van der Waals surface area (Å²) in [5, 5.41) is 0. The van der Waals surface area contributed by atoms with Crippen molar-refractivity contribution in [3.05, 3.63) is 70.6 Å². The van der Waals surface area contributed by atoms with Crippen LogP contribution < -0.4 is 0 Å². The fourth-order valence-electron chi connectivity index (χ4n) is 2.12. The molecule has 2 nitrogen and oxygen atoms in total. The molecule has 2 aromatic rings. The number of hydrogen-bond acceptors (Lipinski definition) is 2. The van der Waals surface area contributed by atoms with Gasteiger partial charge in [-0.05, 0) is 36.6 Å². The van der Waals surface area contributed by atoms with Gasteiger partial charge in [-0.1, -0.05) is 61.9 Å². The molecule has 3 heteroatoms. The Bertz CT molecular complexity index is 725. The van der Waals surface area contributed by atoms with Gasteiger partial charge in [0.25, 0.3) is 0 Å². The maximum Gasteiger partial charge on any atom is 0.203 e. The second kappa shape index (κ2) is 6.27. The Morgan fingerprint density at radius 2 is 1.52 bits per heavy atom. The smallest absolute Gasteiger partial charge is 0.203 e. The van der Waals surface area contributed by atoms with Crippen molar-refractivity contribution in [2.45, 2.75) is 25.7 Å². The number of hydrogen-bond donors (Lipinski definition) is 0. The zero-order chi connectivity index (χ0) is 15.5. The Morgan fingerprint density at radius 3 is 2.05 bits per heavy atom. The van der Waals surface area contributed by atoms with Crippen LogP contribution in [0.5, 0.6) is 0 Å². The third-order valence-corrected chi connectivity index (χ3v) is 5.42. The molecule has 2 aromatic carbocycles. The fraction of sp³-hybridized carbons (Fsp3) is 0.222. The summed E-state index contributed by atoms with van der Waals surface area (Å²) in [6.07, 6.45) is 1.76. The van der Waals surface area contributed by atoms with E-state index in [1.54, 1.807) is 18.2 Å². The molecule has 0 N–H and O–H groups in total. The summed E-state index contributed by atoms with van der Waals surface area (Å²) < 4.78 is 25.6. The number of aryl methyl sites for hydroxylation is 1. The van der Waals surface area contributed by atoms with E-state index in [2.05, 4.69) is 0 Å². The molecule has 0 saturated carbocycles. The molecule has 0 radical (unpaired) electrons. The molecule has 2 rings (SSSR count). The van der Waals surface area contributed by atoms with E-state index in [9.17, 15) is 8.42 Å². The lowest BCUT2D eigenvalue weighted by molar-refractivity contribution is 0.595. The van der Waals surface area contributed by atoms with Gasteiger partial charge in [0.1, 0.15) is 0 Å². The quantitative estimate of drug-likeness (QED) is 0.835. The van der Waals surface area contributed by atoms with Crippen LogP contribution in [-0.2, 0) is 9.84 Å². The van der Waals surface area contributed by atoms with Gasteiger partial charge in [-0.2, -0.15) is 0 Å².